The monoisotopic (exact) mass is 223 g/mol. The summed E-state index contributed by atoms with van der Waals surface area (Å²) >= 11 is 0. The maximum atomic E-state index is 10.9. The normalized spacial score (nSPS) is 20.2. The largest absolute Gasteiger partial charge is 0.467 e. The van der Waals surface area contributed by atoms with Crippen molar-refractivity contribution in [1.82, 2.24) is 0 Å². The van der Waals surface area contributed by atoms with E-state index in [9.17, 15) is 9.90 Å². The minimum absolute atomic E-state index is 0. The van der Waals surface area contributed by atoms with Gasteiger partial charge in [0.05, 0.1) is 7.11 Å². The van der Waals surface area contributed by atoms with Crippen molar-refractivity contribution in [2.45, 2.75) is 37.8 Å². The van der Waals surface area contributed by atoms with Gasteiger partial charge < -0.3 is 15.6 Å². The van der Waals surface area contributed by atoms with Crippen molar-refractivity contribution >= 4 is 18.4 Å². The third-order valence-electron chi connectivity index (χ3n) is 2.68. The second-order valence-corrected chi connectivity index (χ2v) is 3.66. The Labute approximate surface area is 90.2 Å². The number of nitrogens with two attached hydrogens (primary N) is 1. The average molecular weight is 224 g/mol. The van der Waals surface area contributed by atoms with Gasteiger partial charge in [0.2, 0.25) is 0 Å². The highest BCUT2D eigenvalue weighted by atomic mass is 35.5. The Kier molecular flexibility index (Phi) is 6.08. The summed E-state index contributed by atoms with van der Waals surface area (Å²) in [6.07, 6.45) is 3.14. The second kappa shape index (κ2) is 6.22. The zero-order valence-electron chi connectivity index (χ0n) is 8.31. The SMILES string of the molecule is COC(=O)C(O)C(N)CC1CCC1.Cl. The van der Waals surface area contributed by atoms with Crippen LogP contribution >= 0.6 is 12.4 Å². The van der Waals surface area contributed by atoms with E-state index < -0.39 is 18.1 Å². The Morgan fingerprint density at radius 3 is 2.57 bits per heavy atom. The van der Waals surface area contributed by atoms with Crippen molar-refractivity contribution in [3.63, 3.8) is 0 Å². The molecule has 2 atom stereocenters. The maximum Gasteiger partial charge on any atom is 0.336 e. The van der Waals surface area contributed by atoms with Crippen LogP contribution in [0.2, 0.25) is 0 Å². The quantitative estimate of drug-likeness (QED) is 0.680. The average Bonchev–Trinajstić information content (AvgIpc) is 2.08. The smallest absolute Gasteiger partial charge is 0.336 e. The number of methoxy groups -OCH3 is 1. The minimum Gasteiger partial charge on any atom is -0.467 e. The summed E-state index contributed by atoms with van der Waals surface area (Å²) in [4.78, 5) is 10.9. The number of aliphatic hydroxyl groups is 1. The van der Waals surface area contributed by atoms with Gasteiger partial charge in [-0.2, -0.15) is 0 Å². The molecule has 1 saturated carbocycles. The molecular formula is C9H18ClNO3. The van der Waals surface area contributed by atoms with Gasteiger partial charge in [0.25, 0.3) is 0 Å². The summed E-state index contributed by atoms with van der Waals surface area (Å²) < 4.78 is 4.40. The molecule has 1 rings (SSSR count). The molecule has 0 aromatic carbocycles. The third-order valence-corrected chi connectivity index (χ3v) is 2.68. The van der Waals surface area contributed by atoms with E-state index >= 15 is 0 Å². The Bertz CT molecular complexity index is 185. The zero-order chi connectivity index (χ0) is 9.84. The van der Waals surface area contributed by atoms with E-state index in [1.54, 1.807) is 0 Å². The summed E-state index contributed by atoms with van der Waals surface area (Å²) in [5.41, 5.74) is 5.65. The van der Waals surface area contributed by atoms with Gasteiger partial charge in [0.15, 0.2) is 6.10 Å². The maximum absolute atomic E-state index is 10.9. The van der Waals surface area contributed by atoms with Gasteiger partial charge in [-0.3, -0.25) is 0 Å². The van der Waals surface area contributed by atoms with E-state index in [0.29, 0.717) is 5.92 Å². The van der Waals surface area contributed by atoms with E-state index in [0.717, 1.165) is 6.42 Å². The number of hydrogen-bond donors (Lipinski definition) is 2. The zero-order valence-corrected chi connectivity index (χ0v) is 9.13. The van der Waals surface area contributed by atoms with E-state index in [1.165, 1.54) is 26.4 Å². The van der Waals surface area contributed by atoms with Crippen LogP contribution < -0.4 is 5.73 Å². The number of carbonyl (C=O) groups is 1. The molecule has 5 heteroatoms. The van der Waals surface area contributed by atoms with Crippen LogP contribution in [0.4, 0.5) is 0 Å². The molecule has 1 aliphatic rings. The summed E-state index contributed by atoms with van der Waals surface area (Å²) in [5.74, 6) is -0.0406. The number of esters is 1. The highest BCUT2D eigenvalue weighted by Gasteiger charge is 2.28. The summed E-state index contributed by atoms with van der Waals surface area (Å²) in [6, 6.07) is -0.474. The molecule has 0 amide bonds. The fourth-order valence-corrected chi connectivity index (χ4v) is 1.54. The standard InChI is InChI=1S/C9H17NO3.ClH/c1-13-9(12)8(11)7(10)5-6-3-2-4-6;/h6-8,11H,2-5,10H2,1H3;1H. The molecule has 3 N–H and O–H groups in total. The number of aliphatic hydroxyl groups excluding tert-OH is 1. The van der Waals surface area contributed by atoms with Crippen LogP contribution in [0.1, 0.15) is 25.7 Å². The van der Waals surface area contributed by atoms with E-state index in [-0.39, 0.29) is 12.4 Å². The molecule has 0 aromatic heterocycles. The van der Waals surface area contributed by atoms with Gasteiger partial charge in [-0.15, -0.1) is 12.4 Å². The van der Waals surface area contributed by atoms with Crippen LogP contribution in [0.5, 0.6) is 0 Å². The van der Waals surface area contributed by atoms with Crippen LogP contribution in [-0.4, -0.2) is 30.3 Å². The first kappa shape index (κ1) is 13.7. The lowest BCUT2D eigenvalue weighted by Gasteiger charge is -2.29. The molecular weight excluding hydrogens is 206 g/mol. The fourth-order valence-electron chi connectivity index (χ4n) is 1.54. The molecule has 84 valence electrons. The van der Waals surface area contributed by atoms with Crippen LogP contribution in [0.25, 0.3) is 0 Å². The Hall–Kier alpha value is -0.320. The highest BCUT2D eigenvalue weighted by Crippen LogP contribution is 2.30. The van der Waals surface area contributed by atoms with Crippen molar-refractivity contribution < 1.29 is 14.6 Å². The number of rotatable bonds is 4. The number of halogens is 1. The molecule has 0 heterocycles. The van der Waals surface area contributed by atoms with Crippen LogP contribution in [0.3, 0.4) is 0 Å². The Morgan fingerprint density at radius 1 is 1.64 bits per heavy atom. The van der Waals surface area contributed by atoms with E-state index in [2.05, 4.69) is 4.74 Å². The summed E-state index contributed by atoms with van der Waals surface area (Å²) in [6.45, 7) is 0. The molecule has 14 heavy (non-hydrogen) atoms. The first-order valence-electron chi connectivity index (χ1n) is 4.66. The van der Waals surface area contributed by atoms with Crippen LogP contribution in [0.15, 0.2) is 0 Å². The lowest BCUT2D eigenvalue weighted by atomic mass is 9.80. The highest BCUT2D eigenvalue weighted by molar-refractivity contribution is 5.85. The topological polar surface area (TPSA) is 72.5 Å². The second-order valence-electron chi connectivity index (χ2n) is 3.66. The first-order chi connectivity index (χ1) is 6.15. The summed E-state index contributed by atoms with van der Waals surface area (Å²) in [5, 5.41) is 9.36. The molecule has 2 unspecified atom stereocenters. The lowest BCUT2D eigenvalue weighted by molar-refractivity contribution is -0.151. The predicted octanol–water partition coefficient (Wildman–Crippen LogP) is 0.460. The Morgan fingerprint density at radius 2 is 2.21 bits per heavy atom. The number of hydrogen-bond acceptors (Lipinski definition) is 4. The molecule has 0 aromatic rings. The van der Waals surface area contributed by atoms with Gasteiger partial charge in [0.1, 0.15) is 0 Å². The molecule has 0 saturated heterocycles. The molecule has 0 radical (unpaired) electrons. The minimum atomic E-state index is -1.16. The van der Waals surface area contributed by atoms with Gasteiger partial charge in [-0.05, 0) is 12.3 Å². The first-order valence-corrected chi connectivity index (χ1v) is 4.66. The fraction of sp³-hybridized carbons (Fsp3) is 0.889. The summed E-state index contributed by atoms with van der Waals surface area (Å²) in [7, 11) is 1.25. The molecule has 4 nitrogen and oxygen atoms in total. The molecule has 1 fully saturated rings. The molecule has 0 spiro atoms. The van der Waals surface area contributed by atoms with Crippen molar-refractivity contribution in [1.29, 1.82) is 0 Å². The number of ether oxygens (including phenoxy) is 1. The van der Waals surface area contributed by atoms with E-state index in [1.807, 2.05) is 0 Å². The van der Waals surface area contributed by atoms with Gasteiger partial charge in [-0.1, -0.05) is 19.3 Å². The van der Waals surface area contributed by atoms with Crippen molar-refractivity contribution in [2.24, 2.45) is 11.7 Å². The molecule has 0 bridgehead atoms. The third kappa shape index (κ3) is 3.44. The van der Waals surface area contributed by atoms with E-state index in [4.69, 9.17) is 5.73 Å². The number of carbonyl (C=O) groups excluding carboxylic acids is 1. The predicted molar refractivity (Wildman–Crippen MR) is 55.2 cm³/mol. The van der Waals surface area contributed by atoms with Gasteiger partial charge in [-0.25, -0.2) is 4.79 Å². The van der Waals surface area contributed by atoms with Crippen LogP contribution in [-0.2, 0) is 9.53 Å². The lowest BCUT2D eigenvalue weighted by Crippen LogP contribution is -2.43. The molecule has 1 aliphatic carbocycles. The Balaban J connectivity index is 0.00000169. The van der Waals surface area contributed by atoms with Gasteiger partial charge >= 0.3 is 5.97 Å². The van der Waals surface area contributed by atoms with Gasteiger partial charge in [0, 0.05) is 6.04 Å². The van der Waals surface area contributed by atoms with Crippen molar-refractivity contribution in [3.05, 3.63) is 0 Å². The van der Waals surface area contributed by atoms with Crippen LogP contribution in [0, 0.1) is 5.92 Å². The van der Waals surface area contributed by atoms with Crippen molar-refractivity contribution in [2.75, 3.05) is 7.11 Å². The van der Waals surface area contributed by atoms with Crippen molar-refractivity contribution in [3.8, 4) is 0 Å². The molecule has 0 aliphatic heterocycles.